The van der Waals surface area contributed by atoms with Crippen LogP contribution in [0.5, 0.6) is 5.75 Å². The molecule has 2 rings (SSSR count). The number of ether oxygens (including phenoxy) is 3. The number of hydroxylamine groups is 1. The lowest BCUT2D eigenvalue weighted by Crippen LogP contribution is -2.29. The van der Waals surface area contributed by atoms with Crippen LogP contribution in [-0.4, -0.2) is 48.2 Å². The number of aliphatic hydroxyl groups excluding tert-OH is 1. The monoisotopic (exact) mass is 483 g/mol. The van der Waals surface area contributed by atoms with E-state index in [0.29, 0.717) is 42.0 Å². The SMILES string of the molecule is CCO[C@@H](CC/C=C/C(=O)NO)[C@@H](OC(=O)Nc1ccc(C#N)cc1)c1ccccc1OCCO. The van der Waals surface area contributed by atoms with E-state index < -0.39 is 24.2 Å². The molecule has 0 unspecified atom stereocenters. The van der Waals surface area contributed by atoms with Crippen LogP contribution in [0.3, 0.4) is 0 Å². The van der Waals surface area contributed by atoms with Crippen molar-refractivity contribution in [3.63, 3.8) is 0 Å². The lowest BCUT2D eigenvalue weighted by atomic mass is 9.99. The van der Waals surface area contributed by atoms with Crippen LogP contribution < -0.4 is 15.5 Å². The number of amides is 2. The molecule has 0 heterocycles. The Bertz CT molecular complexity index is 1020. The topological polar surface area (TPSA) is 150 Å². The van der Waals surface area contributed by atoms with Gasteiger partial charge in [0.15, 0.2) is 6.10 Å². The maximum atomic E-state index is 12.8. The summed E-state index contributed by atoms with van der Waals surface area (Å²) in [7, 11) is 0. The first-order valence-electron chi connectivity index (χ1n) is 11.0. The zero-order valence-electron chi connectivity index (χ0n) is 19.3. The van der Waals surface area contributed by atoms with Gasteiger partial charge in [0.2, 0.25) is 0 Å². The van der Waals surface area contributed by atoms with Crippen LogP contribution >= 0.6 is 0 Å². The minimum atomic E-state index is -0.886. The summed E-state index contributed by atoms with van der Waals surface area (Å²) in [5, 5.41) is 29.4. The predicted molar refractivity (Wildman–Crippen MR) is 127 cm³/mol. The molecule has 0 aliphatic carbocycles. The molecule has 0 saturated carbocycles. The Kier molecular flexibility index (Phi) is 11.8. The number of hydrogen-bond acceptors (Lipinski definition) is 8. The number of para-hydroxylation sites is 1. The van der Waals surface area contributed by atoms with Crippen LogP contribution in [-0.2, 0) is 14.3 Å². The van der Waals surface area contributed by atoms with E-state index in [9.17, 15) is 14.7 Å². The summed E-state index contributed by atoms with van der Waals surface area (Å²) in [6.07, 6.45) is 1.31. The van der Waals surface area contributed by atoms with Crippen molar-refractivity contribution in [2.24, 2.45) is 0 Å². The first-order chi connectivity index (χ1) is 17.0. The Balaban J connectivity index is 2.29. The smallest absolute Gasteiger partial charge is 0.412 e. The summed E-state index contributed by atoms with van der Waals surface area (Å²) in [5.74, 6) is -0.229. The first-order valence-corrected chi connectivity index (χ1v) is 11.0. The predicted octanol–water partition coefficient (Wildman–Crippen LogP) is 3.47. The van der Waals surface area contributed by atoms with E-state index in [1.165, 1.54) is 11.6 Å². The molecule has 4 N–H and O–H groups in total. The van der Waals surface area contributed by atoms with E-state index in [0.717, 1.165) is 0 Å². The average Bonchev–Trinajstić information content (AvgIpc) is 2.88. The fourth-order valence-corrected chi connectivity index (χ4v) is 3.26. The zero-order valence-corrected chi connectivity index (χ0v) is 19.3. The third-order valence-corrected chi connectivity index (χ3v) is 4.78. The van der Waals surface area contributed by atoms with Gasteiger partial charge < -0.3 is 19.3 Å². The van der Waals surface area contributed by atoms with E-state index in [2.05, 4.69) is 5.32 Å². The molecule has 35 heavy (non-hydrogen) atoms. The lowest BCUT2D eigenvalue weighted by molar-refractivity contribution is -0.124. The molecule has 10 nitrogen and oxygen atoms in total. The number of hydrogen-bond donors (Lipinski definition) is 4. The van der Waals surface area contributed by atoms with Crippen molar-refractivity contribution in [1.82, 2.24) is 5.48 Å². The van der Waals surface area contributed by atoms with Crippen LogP contribution in [0.4, 0.5) is 10.5 Å². The number of rotatable bonds is 13. The van der Waals surface area contributed by atoms with Crippen molar-refractivity contribution in [3.8, 4) is 11.8 Å². The molecule has 2 amide bonds. The fraction of sp³-hybridized carbons (Fsp3) is 0.320. The highest BCUT2D eigenvalue weighted by atomic mass is 16.6. The highest BCUT2D eigenvalue weighted by Gasteiger charge is 2.30. The molecule has 0 radical (unpaired) electrons. The number of allylic oxidation sites excluding steroid dienone is 1. The largest absolute Gasteiger partial charge is 0.491 e. The maximum Gasteiger partial charge on any atom is 0.412 e. The van der Waals surface area contributed by atoms with E-state index in [-0.39, 0.29) is 13.2 Å². The van der Waals surface area contributed by atoms with Gasteiger partial charge in [0.05, 0.1) is 24.3 Å². The number of anilines is 1. The molecule has 0 fully saturated rings. The van der Waals surface area contributed by atoms with Crippen molar-refractivity contribution in [2.45, 2.75) is 32.0 Å². The van der Waals surface area contributed by atoms with Gasteiger partial charge in [-0.3, -0.25) is 15.3 Å². The quantitative estimate of drug-likeness (QED) is 0.192. The van der Waals surface area contributed by atoms with Crippen LogP contribution in [0.1, 0.15) is 37.0 Å². The fourth-order valence-electron chi connectivity index (χ4n) is 3.26. The molecule has 0 spiro atoms. The van der Waals surface area contributed by atoms with Gasteiger partial charge >= 0.3 is 6.09 Å². The number of nitrogens with one attached hydrogen (secondary N) is 2. The van der Waals surface area contributed by atoms with Gasteiger partial charge in [-0.25, -0.2) is 10.3 Å². The van der Waals surface area contributed by atoms with E-state index >= 15 is 0 Å². The second kappa shape index (κ2) is 15.1. The van der Waals surface area contributed by atoms with Crippen LogP contribution in [0.25, 0.3) is 0 Å². The number of nitrogens with zero attached hydrogens (tertiary/aromatic N) is 1. The van der Waals surface area contributed by atoms with Gasteiger partial charge in [-0.2, -0.15) is 5.26 Å². The number of aliphatic hydroxyl groups is 1. The molecule has 2 atom stereocenters. The van der Waals surface area contributed by atoms with Crippen LogP contribution in [0.2, 0.25) is 0 Å². The number of carbonyl (C=O) groups excluding carboxylic acids is 2. The summed E-state index contributed by atoms with van der Waals surface area (Å²) >= 11 is 0. The molecule has 2 aromatic carbocycles. The Labute approximate surface area is 203 Å². The second-order valence-corrected chi connectivity index (χ2v) is 7.20. The normalized spacial score (nSPS) is 12.4. The van der Waals surface area contributed by atoms with Crippen LogP contribution in [0, 0.1) is 11.3 Å². The molecule has 10 heteroatoms. The Morgan fingerprint density at radius 3 is 2.57 bits per heavy atom. The third kappa shape index (κ3) is 9.10. The summed E-state index contributed by atoms with van der Waals surface area (Å²) in [6.45, 7) is 2.01. The molecule has 2 aromatic rings. The second-order valence-electron chi connectivity index (χ2n) is 7.20. The molecular weight excluding hydrogens is 454 g/mol. The summed E-state index contributed by atoms with van der Waals surface area (Å²) in [4.78, 5) is 24.0. The van der Waals surface area contributed by atoms with Gasteiger partial charge in [0, 0.05) is 23.9 Å². The third-order valence-electron chi connectivity index (χ3n) is 4.78. The van der Waals surface area contributed by atoms with Gasteiger partial charge in [-0.15, -0.1) is 0 Å². The van der Waals surface area contributed by atoms with Gasteiger partial charge in [0.1, 0.15) is 12.4 Å². The molecule has 186 valence electrons. The van der Waals surface area contributed by atoms with Gasteiger partial charge in [-0.1, -0.05) is 24.3 Å². The van der Waals surface area contributed by atoms with E-state index in [1.807, 2.05) is 13.0 Å². The molecule has 0 aromatic heterocycles. The number of benzene rings is 2. The summed E-state index contributed by atoms with van der Waals surface area (Å²) in [6, 6.07) is 15.3. The van der Waals surface area contributed by atoms with E-state index in [1.54, 1.807) is 54.6 Å². The van der Waals surface area contributed by atoms with Crippen molar-refractivity contribution in [3.05, 3.63) is 71.8 Å². The van der Waals surface area contributed by atoms with Crippen molar-refractivity contribution in [2.75, 3.05) is 25.1 Å². The minimum Gasteiger partial charge on any atom is -0.491 e. The molecular formula is C25H29N3O7. The molecule has 0 aliphatic rings. The highest BCUT2D eigenvalue weighted by molar-refractivity contribution is 5.86. The molecule has 0 saturated heterocycles. The Morgan fingerprint density at radius 1 is 1.17 bits per heavy atom. The standard InChI is InChI=1S/C25H29N3O7/c1-2-33-22(9-5-6-10-23(30)28-32)24(20-7-3-4-8-21(20)34-16-15-29)35-25(31)27-19-13-11-18(17-26)12-14-19/h3-4,6-8,10-14,22,24,29,32H,2,5,9,15-16H2,1H3,(H,27,31)(H,28,30)/b10-6+/t22-,24-/m0/s1. The van der Waals surface area contributed by atoms with Crippen LogP contribution in [0.15, 0.2) is 60.7 Å². The van der Waals surface area contributed by atoms with Gasteiger partial charge in [-0.05, 0) is 50.1 Å². The Hall–Kier alpha value is -3.91. The van der Waals surface area contributed by atoms with Crippen molar-refractivity contribution < 1.29 is 34.1 Å². The number of nitriles is 1. The van der Waals surface area contributed by atoms with Gasteiger partial charge in [0.25, 0.3) is 5.91 Å². The highest BCUT2D eigenvalue weighted by Crippen LogP contribution is 2.34. The average molecular weight is 484 g/mol. The Morgan fingerprint density at radius 2 is 1.91 bits per heavy atom. The van der Waals surface area contributed by atoms with Crippen molar-refractivity contribution >= 4 is 17.7 Å². The van der Waals surface area contributed by atoms with E-state index in [4.69, 9.17) is 24.7 Å². The lowest BCUT2D eigenvalue weighted by Gasteiger charge is -2.28. The molecule has 0 aliphatic heterocycles. The zero-order chi connectivity index (χ0) is 25.5. The molecule has 0 bridgehead atoms. The summed E-state index contributed by atoms with van der Waals surface area (Å²) < 4.78 is 17.4. The maximum absolute atomic E-state index is 12.8. The summed E-state index contributed by atoms with van der Waals surface area (Å²) in [5.41, 5.74) is 2.97. The van der Waals surface area contributed by atoms with Crippen molar-refractivity contribution in [1.29, 1.82) is 5.26 Å². The minimum absolute atomic E-state index is 0.0550. The first kappa shape index (κ1) is 27.3. The number of carbonyl (C=O) groups is 2.